The third-order valence-corrected chi connectivity index (χ3v) is 18.0. The van der Waals surface area contributed by atoms with Gasteiger partial charge < -0.3 is 4.57 Å². The number of rotatable bonds is 8. The van der Waals surface area contributed by atoms with Gasteiger partial charge in [-0.15, -0.1) is 12.1 Å². The molecular formula is C61H53GeIrN3S-2. The molecule has 3 heterocycles. The Labute approximate surface area is 416 Å². The van der Waals surface area contributed by atoms with Gasteiger partial charge in [-0.05, 0) is 50.7 Å². The maximum atomic E-state index is 8.44. The third kappa shape index (κ3) is 8.99. The number of para-hydroxylation sites is 1. The number of thiophene rings is 1. The van der Waals surface area contributed by atoms with Crippen LogP contribution < -0.4 is 4.40 Å². The van der Waals surface area contributed by atoms with Gasteiger partial charge >= 0.3 is 120 Å². The second-order valence-electron chi connectivity index (χ2n) is 18.6. The Kier molecular flexibility index (Phi) is 13.0. The summed E-state index contributed by atoms with van der Waals surface area (Å²) in [5, 5.41) is 4.88. The maximum Gasteiger partial charge on any atom is 0 e. The topological polar surface area (TPSA) is 30.7 Å². The molecule has 0 N–H and O–H groups in total. The molecule has 0 unspecified atom stereocenters. The molecule has 11 rings (SSSR count). The Morgan fingerprint density at radius 2 is 1.36 bits per heavy atom. The van der Waals surface area contributed by atoms with E-state index in [2.05, 4.69) is 204 Å². The fourth-order valence-corrected chi connectivity index (χ4v) is 13.7. The van der Waals surface area contributed by atoms with Gasteiger partial charge in [0.1, 0.15) is 0 Å². The molecule has 6 heteroatoms. The van der Waals surface area contributed by atoms with Gasteiger partial charge in [0.15, 0.2) is 0 Å². The van der Waals surface area contributed by atoms with Gasteiger partial charge in [-0.25, -0.2) is 0 Å². The monoisotopic (exact) mass is 1130 g/mol. The van der Waals surface area contributed by atoms with Crippen molar-refractivity contribution in [2.75, 3.05) is 0 Å². The van der Waals surface area contributed by atoms with Crippen LogP contribution in [0.2, 0.25) is 17.3 Å². The van der Waals surface area contributed by atoms with E-state index < -0.39 is 19.2 Å². The van der Waals surface area contributed by atoms with E-state index in [9.17, 15) is 0 Å². The van der Waals surface area contributed by atoms with E-state index in [1.165, 1.54) is 52.2 Å². The van der Waals surface area contributed by atoms with Crippen molar-refractivity contribution in [1.82, 2.24) is 14.5 Å². The summed E-state index contributed by atoms with van der Waals surface area (Å²) in [4.78, 5) is 10.2. The summed E-state index contributed by atoms with van der Waals surface area (Å²) < 4.78 is 14.6. The van der Waals surface area contributed by atoms with Crippen LogP contribution in [-0.2, 0) is 20.1 Å². The number of hydrogen-bond donors (Lipinski definition) is 0. The molecule has 0 amide bonds. The van der Waals surface area contributed by atoms with Crippen LogP contribution in [0.1, 0.15) is 52.0 Å². The molecule has 0 atom stereocenters. The van der Waals surface area contributed by atoms with Crippen molar-refractivity contribution in [3.05, 3.63) is 205 Å². The molecule has 0 saturated carbocycles. The molecule has 0 aliphatic heterocycles. The molecule has 0 aliphatic rings. The standard InChI is InChI=1S/C44H31N2S.C17H22GeN.Ir/c1-28(2)32-21-23-36-40(27-32)47-43-37(25-24-34(41(36)43)30-15-7-4-8-16-30)44-45-42-35-19-10-9-17-31(35)22-26-39(42)46(44)38-20-12-11-18-33(38)29-13-5-3-6-14-29;1-13(2)15-11-17(14-9-7-6-8-10-14)19-12-16(15)18(3,4)5;/h3-24,26-28H,1-2H3;6-9,11-13H,1-5H3;/q2*-1;/i;13D;. The molecule has 333 valence electrons. The van der Waals surface area contributed by atoms with Gasteiger partial charge in [0, 0.05) is 41.4 Å². The SMILES string of the molecule is CC(C)c1ccc2c(c1)sc1c(-c3nc4c5ccccc5ccc4n3-c3ccccc3-c3ccccc3)[c-]cc(-c3ccccc3)c12.[2H]C(C)(C)c1cc(-c2[c-]cccc2)nc[c]1[Ge]([CH3])([CH3])[CH3].[Ir]. The number of nitrogens with zero attached hydrogens (tertiary/aromatic N) is 3. The van der Waals surface area contributed by atoms with Crippen LogP contribution in [-0.4, -0.2) is 27.8 Å². The van der Waals surface area contributed by atoms with Crippen molar-refractivity contribution >= 4 is 71.0 Å². The minimum absolute atomic E-state index is 0. The number of fused-ring (bicyclic) bond motifs is 6. The largest absolute Gasteiger partial charge is 0 e. The van der Waals surface area contributed by atoms with Crippen LogP contribution in [0.5, 0.6) is 0 Å². The second kappa shape index (κ2) is 19.3. The summed E-state index contributed by atoms with van der Waals surface area (Å²) in [6.07, 6.45) is 2.00. The van der Waals surface area contributed by atoms with E-state index in [0.717, 1.165) is 55.9 Å². The van der Waals surface area contributed by atoms with Gasteiger partial charge in [0.05, 0.1) is 16.9 Å². The Balaban J connectivity index is 0.000000232. The van der Waals surface area contributed by atoms with Crippen molar-refractivity contribution in [3.8, 4) is 50.6 Å². The minimum atomic E-state index is -2.03. The predicted molar refractivity (Wildman–Crippen MR) is 286 cm³/mol. The van der Waals surface area contributed by atoms with E-state index in [0.29, 0.717) is 5.92 Å². The molecule has 1 radical (unpaired) electrons. The molecule has 0 spiro atoms. The van der Waals surface area contributed by atoms with Crippen molar-refractivity contribution < 1.29 is 21.5 Å². The van der Waals surface area contributed by atoms with E-state index in [1.807, 2.05) is 55.6 Å². The Hall–Kier alpha value is -5.95. The maximum absolute atomic E-state index is 8.44. The predicted octanol–water partition coefficient (Wildman–Crippen LogP) is 16.7. The summed E-state index contributed by atoms with van der Waals surface area (Å²) in [5.74, 6) is 7.80. The normalized spacial score (nSPS) is 12.0. The van der Waals surface area contributed by atoms with E-state index in [4.69, 9.17) is 6.35 Å². The number of hydrogen-bond acceptors (Lipinski definition) is 3. The van der Waals surface area contributed by atoms with E-state index in [1.54, 1.807) is 0 Å². The first-order chi connectivity index (χ1) is 32.3. The quantitative estimate of drug-likeness (QED) is 0.112. The van der Waals surface area contributed by atoms with Crippen LogP contribution in [0.15, 0.2) is 182 Å². The molecule has 8 aromatic carbocycles. The van der Waals surface area contributed by atoms with Crippen LogP contribution in [0.25, 0.3) is 92.6 Å². The fraction of sp³-hybridized carbons (Fsp3) is 0.148. The summed E-state index contributed by atoms with van der Waals surface area (Å²) in [6, 6.07) is 69.2. The molecule has 67 heavy (non-hydrogen) atoms. The zero-order valence-corrected chi connectivity index (χ0v) is 44.3. The smallest absolute Gasteiger partial charge is 0 e. The second-order valence-corrected chi connectivity index (χ2v) is 30.2. The first-order valence-electron chi connectivity index (χ1n) is 23.3. The first kappa shape index (κ1) is 44.9. The van der Waals surface area contributed by atoms with Gasteiger partial charge in [-0.3, -0.25) is 4.98 Å². The van der Waals surface area contributed by atoms with Crippen LogP contribution in [0.4, 0.5) is 0 Å². The summed E-state index contributed by atoms with van der Waals surface area (Å²) >= 11 is -0.169. The molecule has 0 fully saturated rings. The zero-order valence-electron chi connectivity index (χ0n) is 40.0. The van der Waals surface area contributed by atoms with E-state index in [-0.39, 0.29) is 20.1 Å². The van der Waals surface area contributed by atoms with Crippen molar-refractivity contribution in [3.63, 3.8) is 0 Å². The molecule has 0 aliphatic carbocycles. The first-order valence-corrected chi connectivity index (χ1v) is 31.0. The van der Waals surface area contributed by atoms with Gasteiger partial charge in [-0.2, -0.15) is 11.3 Å². The Morgan fingerprint density at radius 3 is 2.06 bits per heavy atom. The summed E-state index contributed by atoms with van der Waals surface area (Å²) in [7, 11) is 0. The molecule has 0 bridgehead atoms. The summed E-state index contributed by atoms with van der Waals surface area (Å²) in [5.41, 5.74) is 13.3. The Bertz CT molecular complexity index is 3570. The molecule has 11 aromatic rings. The fourth-order valence-electron chi connectivity index (χ4n) is 9.13. The number of benzene rings is 8. The minimum Gasteiger partial charge on any atom is 0 e. The van der Waals surface area contributed by atoms with Crippen LogP contribution in [0.3, 0.4) is 0 Å². The van der Waals surface area contributed by atoms with Crippen molar-refractivity contribution in [1.29, 1.82) is 0 Å². The summed E-state index contributed by atoms with van der Waals surface area (Å²) in [6.45, 7) is 8.44. The number of imidazole rings is 1. The van der Waals surface area contributed by atoms with Crippen LogP contribution >= 0.6 is 11.3 Å². The van der Waals surface area contributed by atoms with Crippen molar-refractivity contribution in [2.45, 2.75) is 56.8 Å². The zero-order chi connectivity index (χ0) is 46.5. The molecule has 3 aromatic heterocycles. The molecular weight excluding hydrogens is 1070 g/mol. The molecule has 0 saturated heterocycles. The van der Waals surface area contributed by atoms with Gasteiger partial charge in [-0.1, -0.05) is 157 Å². The van der Waals surface area contributed by atoms with Gasteiger partial charge in [0.25, 0.3) is 0 Å². The van der Waals surface area contributed by atoms with E-state index >= 15 is 0 Å². The Morgan fingerprint density at radius 1 is 0.672 bits per heavy atom. The molecule has 3 nitrogen and oxygen atoms in total. The van der Waals surface area contributed by atoms with Gasteiger partial charge in [0.2, 0.25) is 0 Å². The average Bonchev–Trinajstić information content (AvgIpc) is 3.93. The third-order valence-electron chi connectivity index (χ3n) is 12.6. The van der Waals surface area contributed by atoms with Crippen LogP contribution in [0, 0.1) is 12.1 Å². The average molecular weight is 1130 g/mol. The number of aromatic nitrogens is 3. The number of pyridine rings is 1. The van der Waals surface area contributed by atoms with Crippen molar-refractivity contribution in [2.24, 2.45) is 0 Å².